The molecule has 3 rings (SSSR count). The smallest absolute Gasteiger partial charge is 0.414 e. The first kappa shape index (κ1) is 19.3. The molecule has 146 valence electrons. The molecule has 2 amide bonds. The van der Waals surface area contributed by atoms with Gasteiger partial charge in [0.25, 0.3) is 0 Å². The fraction of sp³-hybridized carbons (Fsp3) is 0.389. The van der Waals surface area contributed by atoms with Gasteiger partial charge in [0.2, 0.25) is 6.41 Å². The van der Waals surface area contributed by atoms with Crippen LogP contribution in [0.3, 0.4) is 0 Å². The van der Waals surface area contributed by atoms with Crippen molar-refractivity contribution in [1.82, 2.24) is 5.01 Å². The van der Waals surface area contributed by atoms with E-state index in [0.29, 0.717) is 31.6 Å². The molecule has 2 aliphatic rings. The summed E-state index contributed by atoms with van der Waals surface area (Å²) < 4.78 is 19.8. The molecule has 0 aromatic heterocycles. The SMILES string of the molecule is N#CCC(=O)CC[C@H]1CN(c2ccc(N3C=NN(C=O)CC3)c(F)c2)C(=O)O1. The minimum atomic E-state index is -0.606. The first-order chi connectivity index (χ1) is 13.5. The molecule has 2 aliphatic heterocycles. The fourth-order valence-electron chi connectivity index (χ4n) is 2.99. The summed E-state index contributed by atoms with van der Waals surface area (Å²) in [5, 5.41) is 13.6. The van der Waals surface area contributed by atoms with Crippen LogP contribution in [-0.2, 0) is 14.3 Å². The average molecular weight is 387 g/mol. The van der Waals surface area contributed by atoms with Gasteiger partial charge in [-0.1, -0.05) is 0 Å². The first-order valence-electron chi connectivity index (χ1n) is 8.71. The highest BCUT2D eigenvalue weighted by atomic mass is 19.1. The molecule has 0 N–H and O–H groups in total. The van der Waals surface area contributed by atoms with Gasteiger partial charge in [-0.15, -0.1) is 0 Å². The Hall–Kier alpha value is -3.48. The van der Waals surface area contributed by atoms with Crippen LogP contribution in [0.5, 0.6) is 0 Å². The van der Waals surface area contributed by atoms with E-state index in [9.17, 15) is 18.8 Å². The predicted octanol–water partition coefficient (Wildman–Crippen LogP) is 1.64. The zero-order valence-corrected chi connectivity index (χ0v) is 15.0. The molecule has 1 saturated heterocycles. The van der Waals surface area contributed by atoms with Gasteiger partial charge >= 0.3 is 6.09 Å². The molecule has 1 aromatic rings. The third-order valence-corrected chi connectivity index (χ3v) is 4.48. The van der Waals surface area contributed by atoms with E-state index in [-0.39, 0.29) is 30.9 Å². The predicted molar refractivity (Wildman–Crippen MR) is 97.1 cm³/mol. The van der Waals surface area contributed by atoms with E-state index >= 15 is 0 Å². The summed E-state index contributed by atoms with van der Waals surface area (Å²) in [6.07, 6.45) is 1.18. The van der Waals surface area contributed by atoms with Crippen molar-refractivity contribution >= 4 is 36.0 Å². The minimum Gasteiger partial charge on any atom is -0.444 e. The largest absolute Gasteiger partial charge is 0.444 e. The number of benzene rings is 1. The lowest BCUT2D eigenvalue weighted by atomic mass is 10.1. The monoisotopic (exact) mass is 387 g/mol. The number of nitriles is 1. The molecule has 1 fully saturated rings. The molecule has 28 heavy (non-hydrogen) atoms. The Morgan fingerprint density at radius 1 is 1.43 bits per heavy atom. The van der Waals surface area contributed by atoms with E-state index in [4.69, 9.17) is 10.00 Å². The van der Waals surface area contributed by atoms with Crippen molar-refractivity contribution in [3.63, 3.8) is 0 Å². The van der Waals surface area contributed by atoms with Crippen LogP contribution in [0.4, 0.5) is 20.6 Å². The number of rotatable bonds is 7. The van der Waals surface area contributed by atoms with Crippen LogP contribution in [0, 0.1) is 17.1 Å². The number of carbonyl (C=O) groups excluding carboxylic acids is 3. The summed E-state index contributed by atoms with van der Waals surface area (Å²) in [7, 11) is 0. The number of Topliss-reactive ketones (excluding diaryl/α,β-unsaturated/α-hetero) is 1. The van der Waals surface area contributed by atoms with E-state index < -0.39 is 18.0 Å². The third kappa shape index (κ3) is 4.25. The minimum absolute atomic E-state index is 0.152. The quantitative estimate of drug-likeness (QED) is 0.659. The second kappa shape index (κ2) is 8.47. The molecule has 0 bridgehead atoms. The van der Waals surface area contributed by atoms with Gasteiger partial charge in [0, 0.05) is 13.0 Å². The van der Waals surface area contributed by atoms with Gasteiger partial charge in [-0.2, -0.15) is 10.4 Å². The number of carbonyl (C=O) groups is 3. The number of amides is 2. The lowest BCUT2D eigenvalue weighted by Crippen LogP contribution is -2.37. The van der Waals surface area contributed by atoms with Crippen molar-refractivity contribution in [3.05, 3.63) is 24.0 Å². The van der Waals surface area contributed by atoms with Crippen LogP contribution >= 0.6 is 0 Å². The van der Waals surface area contributed by atoms with Crippen LogP contribution in [0.2, 0.25) is 0 Å². The number of halogens is 1. The van der Waals surface area contributed by atoms with Gasteiger partial charge in [-0.3, -0.25) is 14.5 Å². The molecule has 1 atom stereocenters. The second-order valence-corrected chi connectivity index (χ2v) is 6.36. The van der Waals surface area contributed by atoms with E-state index in [1.54, 1.807) is 17.0 Å². The van der Waals surface area contributed by atoms with Crippen LogP contribution in [0.25, 0.3) is 0 Å². The van der Waals surface area contributed by atoms with Gasteiger partial charge in [0.15, 0.2) is 0 Å². The van der Waals surface area contributed by atoms with Crippen molar-refractivity contribution in [2.45, 2.75) is 25.4 Å². The van der Waals surface area contributed by atoms with Crippen LogP contribution in [-0.4, -0.2) is 55.4 Å². The number of anilines is 2. The molecule has 0 aliphatic carbocycles. The van der Waals surface area contributed by atoms with Gasteiger partial charge in [-0.25, -0.2) is 14.2 Å². The maximum absolute atomic E-state index is 14.6. The molecule has 0 unspecified atom stereocenters. The van der Waals surface area contributed by atoms with Crippen LogP contribution in [0.15, 0.2) is 23.3 Å². The Labute approximate surface area is 160 Å². The highest BCUT2D eigenvalue weighted by Gasteiger charge is 2.33. The highest BCUT2D eigenvalue weighted by Crippen LogP contribution is 2.28. The Balaban J connectivity index is 1.65. The molecular weight excluding hydrogens is 369 g/mol. The summed E-state index contributed by atoms with van der Waals surface area (Å²) in [4.78, 5) is 37.1. The summed E-state index contributed by atoms with van der Waals surface area (Å²) in [5.41, 5.74) is 0.629. The van der Waals surface area contributed by atoms with E-state index in [0.717, 1.165) is 0 Å². The van der Waals surface area contributed by atoms with Gasteiger partial charge in [0.1, 0.15) is 24.0 Å². The van der Waals surface area contributed by atoms with Crippen molar-refractivity contribution in [2.24, 2.45) is 5.10 Å². The maximum atomic E-state index is 14.6. The summed E-state index contributed by atoms with van der Waals surface area (Å²) in [6, 6.07) is 6.16. The van der Waals surface area contributed by atoms with E-state index in [1.165, 1.54) is 28.4 Å². The zero-order valence-electron chi connectivity index (χ0n) is 15.0. The Bertz CT molecular complexity index is 853. The normalized spacial score (nSPS) is 18.8. The molecule has 0 saturated carbocycles. The highest BCUT2D eigenvalue weighted by molar-refractivity contribution is 5.90. The van der Waals surface area contributed by atoms with Gasteiger partial charge in [-0.05, 0) is 24.6 Å². The summed E-state index contributed by atoms with van der Waals surface area (Å²) in [6.45, 7) is 0.936. The number of cyclic esters (lactones) is 1. The number of ether oxygens (including phenoxy) is 1. The van der Waals surface area contributed by atoms with Crippen molar-refractivity contribution in [1.29, 1.82) is 5.26 Å². The molecule has 2 heterocycles. The number of hydrazone groups is 1. The number of hydrogen-bond donors (Lipinski definition) is 0. The van der Waals surface area contributed by atoms with Crippen LogP contribution in [0.1, 0.15) is 19.3 Å². The maximum Gasteiger partial charge on any atom is 0.414 e. The fourth-order valence-corrected chi connectivity index (χ4v) is 2.99. The Morgan fingerprint density at radius 2 is 2.25 bits per heavy atom. The molecular formula is C18H18FN5O4. The third-order valence-electron chi connectivity index (χ3n) is 4.48. The topological polar surface area (TPSA) is 106 Å². The molecule has 9 nitrogen and oxygen atoms in total. The number of nitrogens with zero attached hydrogens (tertiary/aromatic N) is 5. The van der Waals surface area contributed by atoms with Crippen molar-refractivity contribution < 1.29 is 23.5 Å². The van der Waals surface area contributed by atoms with Crippen LogP contribution < -0.4 is 9.80 Å². The zero-order chi connectivity index (χ0) is 20.1. The van der Waals surface area contributed by atoms with Gasteiger partial charge in [0.05, 0.1) is 37.0 Å². The Morgan fingerprint density at radius 3 is 2.89 bits per heavy atom. The molecule has 10 heteroatoms. The number of ketones is 1. The number of hydrogen-bond acceptors (Lipinski definition) is 7. The lowest BCUT2D eigenvalue weighted by molar-refractivity contribution is -0.119. The lowest BCUT2D eigenvalue weighted by Gasteiger charge is -2.27. The van der Waals surface area contributed by atoms with Gasteiger partial charge < -0.3 is 9.64 Å². The second-order valence-electron chi connectivity index (χ2n) is 6.36. The first-order valence-corrected chi connectivity index (χ1v) is 8.71. The molecule has 0 radical (unpaired) electrons. The average Bonchev–Trinajstić information content (AvgIpc) is 3.07. The van der Waals surface area contributed by atoms with E-state index in [2.05, 4.69) is 5.10 Å². The van der Waals surface area contributed by atoms with Crippen molar-refractivity contribution in [2.75, 3.05) is 29.4 Å². The molecule has 1 aromatic carbocycles. The van der Waals surface area contributed by atoms with Crippen molar-refractivity contribution in [3.8, 4) is 6.07 Å². The Kier molecular flexibility index (Phi) is 5.84. The van der Waals surface area contributed by atoms with E-state index in [1.807, 2.05) is 0 Å². The molecule has 0 spiro atoms. The summed E-state index contributed by atoms with van der Waals surface area (Å²) >= 11 is 0. The standard InChI is InChI=1S/C18H18FN5O4/c19-16-9-13(1-4-17(16)22-7-8-23(12-25)21-11-22)24-10-15(28-18(24)27)3-2-14(26)5-6-20/h1,4,9,11-12,15H,2-3,5,7-8,10H2/t15-/m0/s1. The summed E-state index contributed by atoms with van der Waals surface area (Å²) in [5.74, 6) is -0.743.